The number of hydrogen-bond acceptors (Lipinski definition) is 4. The van der Waals surface area contributed by atoms with E-state index < -0.39 is 10.8 Å². The summed E-state index contributed by atoms with van der Waals surface area (Å²) in [6.45, 7) is 4.26. The van der Waals surface area contributed by atoms with Gasteiger partial charge in [-0.25, -0.2) is 0 Å². The maximum Gasteiger partial charge on any atom is 0.273 e. The molecule has 1 heterocycles. The zero-order chi connectivity index (χ0) is 18.7. The lowest BCUT2D eigenvalue weighted by Gasteiger charge is -2.05. The third-order valence-electron chi connectivity index (χ3n) is 4.15. The zero-order valence-corrected chi connectivity index (χ0v) is 14.5. The van der Waals surface area contributed by atoms with E-state index in [1.165, 1.54) is 11.6 Å². The summed E-state index contributed by atoms with van der Waals surface area (Å²) in [6, 6.07) is 12.4. The number of benzene rings is 2. The molecule has 1 aromatic heterocycles. The number of anilines is 1. The molecule has 7 nitrogen and oxygen atoms in total. The Kier molecular flexibility index (Phi) is 4.79. The fourth-order valence-electron chi connectivity index (χ4n) is 2.63. The van der Waals surface area contributed by atoms with Crippen LogP contribution in [-0.4, -0.2) is 20.6 Å². The number of rotatable bonds is 5. The highest BCUT2D eigenvalue weighted by molar-refractivity contribution is 6.04. The van der Waals surface area contributed by atoms with Gasteiger partial charge in [0, 0.05) is 23.4 Å². The molecule has 0 radical (unpaired) electrons. The molecule has 2 aromatic carbocycles. The van der Waals surface area contributed by atoms with Gasteiger partial charge in [0.25, 0.3) is 11.6 Å². The molecule has 3 aromatic rings. The highest BCUT2D eigenvalue weighted by atomic mass is 16.6. The lowest BCUT2D eigenvalue weighted by molar-refractivity contribution is -0.385. The molecule has 0 saturated carbocycles. The Hall–Kier alpha value is -3.48. The van der Waals surface area contributed by atoms with Crippen LogP contribution >= 0.6 is 0 Å². The summed E-state index contributed by atoms with van der Waals surface area (Å²) in [6.07, 6.45) is 3.28. The first-order valence-electron chi connectivity index (χ1n) is 8.07. The Labute approximate surface area is 150 Å². The lowest BCUT2D eigenvalue weighted by Crippen LogP contribution is -2.12. The third-order valence-corrected chi connectivity index (χ3v) is 4.15. The molecule has 0 bridgehead atoms. The van der Waals surface area contributed by atoms with Crippen molar-refractivity contribution in [2.45, 2.75) is 20.4 Å². The summed E-state index contributed by atoms with van der Waals surface area (Å²) in [5, 5.41) is 18.0. The summed E-state index contributed by atoms with van der Waals surface area (Å²) in [4.78, 5) is 22.9. The number of hydrogen-bond donors (Lipinski definition) is 1. The molecule has 0 spiro atoms. The number of nitrogens with zero attached hydrogens (tertiary/aromatic N) is 3. The first-order valence-corrected chi connectivity index (χ1v) is 8.07. The summed E-state index contributed by atoms with van der Waals surface area (Å²) in [7, 11) is 0. The number of aromatic nitrogens is 2. The minimum absolute atomic E-state index is 0.0760. The molecule has 0 aliphatic heterocycles. The monoisotopic (exact) mass is 350 g/mol. The molecule has 7 heteroatoms. The van der Waals surface area contributed by atoms with Crippen molar-refractivity contribution in [3.63, 3.8) is 0 Å². The minimum Gasteiger partial charge on any atom is -0.319 e. The number of nitro benzene ring substituents is 1. The predicted molar refractivity (Wildman–Crippen MR) is 98.3 cm³/mol. The van der Waals surface area contributed by atoms with Gasteiger partial charge in [-0.15, -0.1) is 0 Å². The number of nitro groups is 1. The van der Waals surface area contributed by atoms with Crippen LogP contribution in [0.2, 0.25) is 0 Å². The van der Waals surface area contributed by atoms with E-state index in [4.69, 9.17) is 0 Å². The fraction of sp³-hybridized carbons (Fsp3) is 0.158. The van der Waals surface area contributed by atoms with Crippen LogP contribution in [0.15, 0.2) is 54.9 Å². The maximum absolute atomic E-state index is 12.4. The van der Waals surface area contributed by atoms with Gasteiger partial charge < -0.3 is 5.32 Å². The van der Waals surface area contributed by atoms with Crippen LogP contribution in [0.1, 0.15) is 27.0 Å². The van der Waals surface area contributed by atoms with E-state index in [0.717, 1.165) is 5.56 Å². The Bertz CT molecular complexity index is 978. The van der Waals surface area contributed by atoms with E-state index in [2.05, 4.69) is 10.4 Å². The van der Waals surface area contributed by atoms with Gasteiger partial charge in [-0.1, -0.05) is 30.3 Å². The van der Waals surface area contributed by atoms with Crippen molar-refractivity contribution in [2.75, 3.05) is 5.32 Å². The van der Waals surface area contributed by atoms with E-state index >= 15 is 0 Å². The van der Waals surface area contributed by atoms with Crippen LogP contribution in [-0.2, 0) is 6.54 Å². The van der Waals surface area contributed by atoms with Crippen LogP contribution < -0.4 is 5.32 Å². The Morgan fingerprint density at radius 3 is 2.69 bits per heavy atom. The standard InChI is InChI=1S/C19H18N4O3/c1-13-5-3-4-6-16(13)11-22-12-17(10-20-22)21-19(24)15-8-7-14(2)18(9-15)23(25)26/h3-10,12H,11H2,1-2H3,(H,21,24). The first kappa shape index (κ1) is 17.3. The second-order valence-corrected chi connectivity index (χ2v) is 6.07. The summed E-state index contributed by atoms with van der Waals surface area (Å²) >= 11 is 0. The van der Waals surface area contributed by atoms with Crippen molar-refractivity contribution < 1.29 is 9.72 Å². The average Bonchev–Trinajstić information content (AvgIpc) is 3.04. The number of carbonyl (C=O) groups excluding carboxylic acids is 1. The number of aryl methyl sites for hydroxylation is 2. The normalized spacial score (nSPS) is 10.5. The van der Waals surface area contributed by atoms with E-state index in [1.807, 2.05) is 31.2 Å². The van der Waals surface area contributed by atoms with Gasteiger partial charge in [0.15, 0.2) is 0 Å². The zero-order valence-electron chi connectivity index (χ0n) is 14.5. The fourth-order valence-corrected chi connectivity index (χ4v) is 2.63. The van der Waals surface area contributed by atoms with Crippen LogP contribution in [0.25, 0.3) is 0 Å². The SMILES string of the molecule is Cc1ccccc1Cn1cc(NC(=O)c2ccc(C)c([N+](=O)[O-])c2)cn1. The van der Waals surface area contributed by atoms with Gasteiger partial charge in [0.2, 0.25) is 0 Å². The van der Waals surface area contributed by atoms with Crippen molar-refractivity contribution >= 4 is 17.3 Å². The van der Waals surface area contributed by atoms with Crippen LogP contribution in [0.4, 0.5) is 11.4 Å². The summed E-state index contributed by atoms with van der Waals surface area (Å²) < 4.78 is 1.73. The van der Waals surface area contributed by atoms with Gasteiger partial charge >= 0.3 is 0 Å². The van der Waals surface area contributed by atoms with Gasteiger partial charge in [0.05, 0.1) is 23.4 Å². The molecule has 0 saturated heterocycles. The molecular formula is C19H18N4O3. The molecule has 0 fully saturated rings. The largest absolute Gasteiger partial charge is 0.319 e. The molecule has 1 N–H and O–H groups in total. The van der Waals surface area contributed by atoms with E-state index in [-0.39, 0.29) is 11.3 Å². The van der Waals surface area contributed by atoms with Crippen LogP contribution in [0, 0.1) is 24.0 Å². The van der Waals surface area contributed by atoms with Gasteiger partial charge in [-0.2, -0.15) is 5.10 Å². The predicted octanol–water partition coefficient (Wildman–Crippen LogP) is 3.71. The molecule has 0 unspecified atom stereocenters. The molecule has 0 atom stereocenters. The number of carbonyl (C=O) groups is 1. The second kappa shape index (κ2) is 7.18. The number of amides is 1. The third kappa shape index (κ3) is 3.77. The first-order chi connectivity index (χ1) is 12.4. The van der Waals surface area contributed by atoms with Gasteiger partial charge in [-0.3, -0.25) is 19.6 Å². The Balaban J connectivity index is 1.73. The average molecular weight is 350 g/mol. The quantitative estimate of drug-likeness (QED) is 0.561. The Morgan fingerprint density at radius 1 is 1.19 bits per heavy atom. The van der Waals surface area contributed by atoms with E-state index in [0.29, 0.717) is 17.8 Å². The van der Waals surface area contributed by atoms with Crippen LogP contribution in [0.5, 0.6) is 0 Å². The van der Waals surface area contributed by atoms with Crippen molar-refractivity contribution in [3.05, 3.63) is 87.2 Å². The number of nitrogens with one attached hydrogen (secondary N) is 1. The topological polar surface area (TPSA) is 90.1 Å². The molecule has 26 heavy (non-hydrogen) atoms. The van der Waals surface area contributed by atoms with Crippen LogP contribution in [0.3, 0.4) is 0 Å². The molecule has 1 amide bonds. The molecule has 132 valence electrons. The minimum atomic E-state index is -0.494. The smallest absolute Gasteiger partial charge is 0.273 e. The van der Waals surface area contributed by atoms with Crippen molar-refractivity contribution in [3.8, 4) is 0 Å². The van der Waals surface area contributed by atoms with Crippen molar-refractivity contribution in [1.82, 2.24) is 9.78 Å². The molecular weight excluding hydrogens is 332 g/mol. The second-order valence-electron chi connectivity index (χ2n) is 6.07. The highest BCUT2D eigenvalue weighted by Gasteiger charge is 2.15. The summed E-state index contributed by atoms with van der Waals surface area (Å²) in [5.74, 6) is -0.413. The van der Waals surface area contributed by atoms with Gasteiger partial charge in [-0.05, 0) is 31.0 Å². The summed E-state index contributed by atoms with van der Waals surface area (Å²) in [5.41, 5.74) is 3.51. The van der Waals surface area contributed by atoms with Crippen molar-refractivity contribution in [1.29, 1.82) is 0 Å². The molecule has 3 rings (SSSR count). The van der Waals surface area contributed by atoms with Crippen molar-refractivity contribution in [2.24, 2.45) is 0 Å². The molecule has 0 aliphatic rings. The lowest BCUT2D eigenvalue weighted by atomic mass is 10.1. The van der Waals surface area contributed by atoms with E-state index in [1.54, 1.807) is 36.1 Å². The molecule has 0 aliphatic carbocycles. The Morgan fingerprint density at radius 2 is 1.96 bits per heavy atom. The van der Waals surface area contributed by atoms with E-state index in [9.17, 15) is 14.9 Å². The highest BCUT2D eigenvalue weighted by Crippen LogP contribution is 2.20. The van der Waals surface area contributed by atoms with Gasteiger partial charge in [0.1, 0.15) is 0 Å². The maximum atomic E-state index is 12.4.